The molecule has 0 radical (unpaired) electrons. The van der Waals surface area contributed by atoms with Crippen LogP contribution in [0.25, 0.3) is 0 Å². The summed E-state index contributed by atoms with van der Waals surface area (Å²) in [6.45, 7) is 2.23. The number of hydrogen-bond donors (Lipinski definition) is 2. The van der Waals surface area contributed by atoms with Crippen LogP contribution in [0.4, 0.5) is 23.2 Å². The van der Waals surface area contributed by atoms with Gasteiger partial charge in [-0.25, -0.2) is 8.78 Å². The molecule has 1 amide bonds. The summed E-state index contributed by atoms with van der Waals surface area (Å²) < 4.78 is 50.4. The highest BCUT2D eigenvalue weighted by molar-refractivity contribution is 5.97. The number of anilines is 1. The lowest BCUT2D eigenvalue weighted by molar-refractivity contribution is -0.163. The van der Waals surface area contributed by atoms with E-state index in [0.29, 0.717) is 6.42 Å². The Kier molecular flexibility index (Phi) is 13.3. The van der Waals surface area contributed by atoms with Gasteiger partial charge in [-0.3, -0.25) is 4.79 Å². The number of halogens is 4. The SMILES string of the molecule is CCCCCCCCCCCCCCCc1ccc(NC(=O)C(F)(F)C(F)F)c(O)c1. The third-order valence-corrected chi connectivity index (χ3v) is 5.46. The van der Waals surface area contributed by atoms with Gasteiger partial charge in [0.05, 0.1) is 5.69 Å². The Hall–Kier alpha value is -1.79. The number of hydrogen-bond acceptors (Lipinski definition) is 2. The van der Waals surface area contributed by atoms with E-state index in [9.17, 15) is 27.5 Å². The fourth-order valence-corrected chi connectivity index (χ4v) is 3.49. The Morgan fingerprint density at radius 2 is 1.39 bits per heavy atom. The molecular formula is C24H37F4NO2. The van der Waals surface area contributed by atoms with E-state index < -0.39 is 24.0 Å². The molecule has 1 aromatic rings. The molecule has 0 aliphatic heterocycles. The number of aromatic hydroxyl groups is 1. The molecule has 178 valence electrons. The van der Waals surface area contributed by atoms with Crippen molar-refractivity contribution in [2.75, 3.05) is 5.32 Å². The van der Waals surface area contributed by atoms with E-state index in [1.54, 1.807) is 11.4 Å². The van der Waals surface area contributed by atoms with Crippen LogP contribution in [-0.2, 0) is 11.2 Å². The monoisotopic (exact) mass is 447 g/mol. The average molecular weight is 448 g/mol. The van der Waals surface area contributed by atoms with E-state index >= 15 is 0 Å². The topological polar surface area (TPSA) is 49.3 Å². The lowest BCUT2D eigenvalue weighted by atomic mass is 10.0. The molecule has 1 aromatic carbocycles. The maximum atomic E-state index is 13.0. The Bertz CT molecular complexity index is 638. The van der Waals surface area contributed by atoms with Gasteiger partial charge in [-0.15, -0.1) is 0 Å². The van der Waals surface area contributed by atoms with Crippen LogP contribution < -0.4 is 5.32 Å². The highest BCUT2D eigenvalue weighted by Crippen LogP contribution is 2.29. The van der Waals surface area contributed by atoms with Gasteiger partial charge in [-0.1, -0.05) is 90.0 Å². The Morgan fingerprint density at radius 1 is 0.903 bits per heavy atom. The van der Waals surface area contributed by atoms with Gasteiger partial charge in [-0.05, 0) is 30.5 Å². The zero-order chi connectivity index (χ0) is 23.1. The maximum Gasteiger partial charge on any atom is 0.383 e. The number of carbonyl (C=O) groups is 1. The van der Waals surface area contributed by atoms with Gasteiger partial charge in [0.1, 0.15) is 5.75 Å². The molecule has 7 heteroatoms. The molecule has 0 bridgehead atoms. The molecule has 0 aliphatic rings. The van der Waals surface area contributed by atoms with Gasteiger partial charge in [0.15, 0.2) is 0 Å². The number of phenolic OH excluding ortho intramolecular Hbond substituents is 1. The predicted molar refractivity (Wildman–Crippen MR) is 117 cm³/mol. The highest BCUT2D eigenvalue weighted by Gasteiger charge is 2.49. The second kappa shape index (κ2) is 15.1. The molecule has 0 fully saturated rings. The number of alkyl halides is 4. The van der Waals surface area contributed by atoms with Crippen molar-refractivity contribution in [1.29, 1.82) is 0 Å². The zero-order valence-electron chi connectivity index (χ0n) is 18.6. The van der Waals surface area contributed by atoms with Crippen LogP contribution in [0.15, 0.2) is 18.2 Å². The second-order valence-corrected chi connectivity index (χ2v) is 8.22. The van der Waals surface area contributed by atoms with Crippen molar-refractivity contribution in [3.05, 3.63) is 23.8 Å². The first-order chi connectivity index (χ1) is 14.8. The quantitative estimate of drug-likeness (QED) is 0.145. The summed E-state index contributed by atoms with van der Waals surface area (Å²) in [6.07, 6.45) is 12.9. The Balaban J connectivity index is 2.17. The van der Waals surface area contributed by atoms with Gasteiger partial charge < -0.3 is 10.4 Å². The average Bonchev–Trinajstić information content (AvgIpc) is 2.73. The summed E-state index contributed by atoms with van der Waals surface area (Å²) in [5.41, 5.74) is 0.499. The summed E-state index contributed by atoms with van der Waals surface area (Å²) in [6, 6.07) is 4.22. The van der Waals surface area contributed by atoms with Crippen LogP contribution >= 0.6 is 0 Å². The molecule has 0 aromatic heterocycles. The third-order valence-electron chi connectivity index (χ3n) is 5.46. The fourth-order valence-electron chi connectivity index (χ4n) is 3.49. The molecular weight excluding hydrogens is 410 g/mol. The van der Waals surface area contributed by atoms with Crippen molar-refractivity contribution < 1.29 is 27.5 Å². The lowest BCUT2D eigenvalue weighted by Crippen LogP contribution is -2.40. The van der Waals surface area contributed by atoms with Crippen molar-refractivity contribution >= 4 is 11.6 Å². The van der Waals surface area contributed by atoms with Crippen molar-refractivity contribution in [3.8, 4) is 5.75 Å². The lowest BCUT2D eigenvalue weighted by Gasteiger charge is -2.15. The van der Waals surface area contributed by atoms with Crippen LogP contribution in [0.3, 0.4) is 0 Å². The van der Waals surface area contributed by atoms with Gasteiger partial charge in [0.2, 0.25) is 0 Å². The summed E-state index contributed by atoms with van der Waals surface area (Å²) in [7, 11) is 0. The van der Waals surface area contributed by atoms with Crippen LogP contribution in [-0.4, -0.2) is 23.4 Å². The number of carbonyl (C=O) groups excluding carboxylic acids is 1. The van der Waals surface area contributed by atoms with E-state index in [-0.39, 0.29) is 5.69 Å². The highest BCUT2D eigenvalue weighted by atomic mass is 19.3. The molecule has 0 spiro atoms. The number of unbranched alkanes of at least 4 members (excludes halogenated alkanes) is 12. The zero-order valence-corrected chi connectivity index (χ0v) is 18.6. The minimum Gasteiger partial charge on any atom is -0.506 e. The molecule has 2 N–H and O–H groups in total. The number of amides is 1. The van der Waals surface area contributed by atoms with Crippen LogP contribution in [0.5, 0.6) is 5.75 Å². The van der Waals surface area contributed by atoms with Crippen molar-refractivity contribution in [3.63, 3.8) is 0 Å². The summed E-state index contributed by atoms with van der Waals surface area (Å²) in [5.74, 6) is -7.35. The first-order valence-electron chi connectivity index (χ1n) is 11.6. The summed E-state index contributed by atoms with van der Waals surface area (Å²) >= 11 is 0. The van der Waals surface area contributed by atoms with Gasteiger partial charge in [0.25, 0.3) is 0 Å². The van der Waals surface area contributed by atoms with Crippen LogP contribution in [0.1, 0.15) is 96.0 Å². The van der Waals surface area contributed by atoms with E-state index in [2.05, 4.69) is 6.92 Å². The Labute approximate surface area is 183 Å². The van der Waals surface area contributed by atoms with Crippen molar-refractivity contribution in [1.82, 2.24) is 0 Å². The predicted octanol–water partition coefficient (Wildman–Crippen LogP) is 7.86. The normalized spacial score (nSPS) is 11.8. The molecule has 0 saturated heterocycles. The first kappa shape index (κ1) is 27.2. The van der Waals surface area contributed by atoms with Crippen molar-refractivity contribution in [2.45, 2.75) is 109 Å². The molecule has 31 heavy (non-hydrogen) atoms. The van der Waals surface area contributed by atoms with Crippen LogP contribution in [0.2, 0.25) is 0 Å². The second-order valence-electron chi connectivity index (χ2n) is 8.22. The van der Waals surface area contributed by atoms with Crippen molar-refractivity contribution in [2.24, 2.45) is 0 Å². The number of benzene rings is 1. The number of nitrogens with one attached hydrogen (secondary N) is 1. The smallest absolute Gasteiger partial charge is 0.383 e. The molecule has 0 unspecified atom stereocenters. The number of phenols is 1. The maximum absolute atomic E-state index is 13.0. The minimum atomic E-state index is -4.81. The molecule has 0 atom stereocenters. The fraction of sp³-hybridized carbons (Fsp3) is 0.708. The summed E-state index contributed by atoms with van der Waals surface area (Å²) in [4.78, 5) is 11.3. The molecule has 3 nitrogen and oxygen atoms in total. The first-order valence-corrected chi connectivity index (χ1v) is 11.6. The van der Waals surface area contributed by atoms with Gasteiger partial charge in [-0.2, -0.15) is 8.78 Å². The number of aryl methyl sites for hydroxylation is 1. The van der Waals surface area contributed by atoms with E-state index in [1.165, 1.54) is 76.3 Å². The standard InChI is InChI=1S/C24H37F4NO2/c1-2-3-4-5-6-7-8-9-10-11-12-13-14-15-19-16-17-20(21(30)18-19)29-23(31)24(27,28)22(25)26/h16-18,22,30H,2-15H2,1H3,(H,29,31). The van der Waals surface area contributed by atoms with Gasteiger partial charge in [0, 0.05) is 0 Å². The molecule has 0 heterocycles. The molecule has 1 rings (SSSR count). The minimum absolute atomic E-state index is 0.306. The van der Waals surface area contributed by atoms with E-state index in [4.69, 9.17) is 0 Å². The molecule has 0 saturated carbocycles. The Morgan fingerprint density at radius 3 is 1.84 bits per heavy atom. The molecule has 0 aliphatic carbocycles. The van der Waals surface area contributed by atoms with E-state index in [1.807, 2.05) is 0 Å². The summed E-state index contributed by atoms with van der Waals surface area (Å²) in [5, 5.41) is 11.6. The number of rotatable bonds is 17. The van der Waals surface area contributed by atoms with E-state index in [0.717, 1.165) is 24.8 Å². The van der Waals surface area contributed by atoms with Gasteiger partial charge >= 0.3 is 18.3 Å². The van der Waals surface area contributed by atoms with Crippen LogP contribution in [0, 0.1) is 0 Å². The largest absolute Gasteiger partial charge is 0.506 e. The third kappa shape index (κ3) is 10.9.